The Labute approximate surface area is 54.0 Å². The summed E-state index contributed by atoms with van der Waals surface area (Å²) < 4.78 is 0. The largest absolute Gasteiger partial charge is 0.480 e. The average molecular weight is 132 g/mol. The first-order valence-electron chi connectivity index (χ1n) is 2.75. The standard InChI is InChI=1S/C5H12N2O2/c1-3(7-2)4(6)5(8)9/h3-4,7H,6H2,1-2H3,(H,8,9)/t3-,4-/m0/s1. The number of hydrogen-bond donors (Lipinski definition) is 3. The van der Waals surface area contributed by atoms with Crippen molar-refractivity contribution >= 4 is 5.97 Å². The zero-order valence-corrected chi connectivity index (χ0v) is 5.59. The number of rotatable bonds is 3. The van der Waals surface area contributed by atoms with E-state index in [2.05, 4.69) is 5.32 Å². The Morgan fingerprint density at radius 3 is 2.33 bits per heavy atom. The lowest BCUT2D eigenvalue weighted by Crippen LogP contribution is -2.46. The second kappa shape index (κ2) is 3.42. The monoisotopic (exact) mass is 132 g/mol. The lowest BCUT2D eigenvalue weighted by Gasteiger charge is -2.13. The van der Waals surface area contributed by atoms with E-state index in [1.807, 2.05) is 0 Å². The van der Waals surface area contributed by atoms with Gasteiger partial charge in [0.1, 0.15) is 6.04 Å². The van der Waals surface area contributed by atoms with Crippen molar-refractivity contribution in [2.24, 2.45) is 5.73 Å². The highest BCUT2D eigenvalue weighted by atomic mass is 16.4. The van der Waals surface area contributed by atoms with Crippen LogP contribution in [0, 0.1) is 0 Å². The fraction of sp³-hybridized carbons (Fsp3) is 0.800. The van der Waals surface area contributed by atoms with Gasteiger partial charge in [-0.1, -0.05) is 0 Å². The van der Waals surface area contributed by atoms with Crippen LogP contribution in [0.4, 0.5) is 0 Å². The summed E-state index contributed by atoms with van der Waals surface area (Å²) in [7, 11) is 1.67. The Kier molecular flexibility index (Phi) is 3.19. The average Bonchev–Trinajstić information content (AvgIpc) is 1.84. The highest BCUT2D eigenvalue weighted by molar-refractivity contribution is 5.73. The predicted molar refractivity (Wildman–Crippen MR) is 34.1 cm³/mol. The molecular formula is C5H12N2O2. The molecule has 0 rings (SSSR count). The van der Waals surface area contributed by atoms with Crippen LogP contribution in [0.1, 0.15) is 6.92 Å². The van der Waals surface area contributed by atoms with E-state index in [0.717, 1.165) is 0 Å². The van der Waals surface area contributed by atoms with Gasteiger partial charge in [-0.15, -0.1) is 0 Å². The fourth-order valence-electron chi connectivity index (χ4n) is 0.393. The third-order valence-electron chi connectivity index (χ3n) is 1.28. The van der Waals surface area contributed by atoms with Gasteiger partial charge in [0.05, 0.1) is 0 Å². The van der Waals surface area contributed by atoms with Gasteiger partial charge in [0.15, 0.2) is 0 Å². The molecule has 4 nitrogen and oxygen atoms in total. The minimum atomic E-state index is -0.975. The van der Waals surface area contributed by atoms with Crippen LogP contribution in [0.25, 0.3) is 0 Å². The molecule has 0 amide bonds. The molecule has 0 aromatic carbocycles. The van der Waals surface area contributed by atoms with Crippen LogP contribution in [-0.4, -0.2) is 30.2 Å². The van der Waals surface area contributed by atoms with Gasteiger partial charge in [0, 0.05) is 6.04 Å². The second-order valence-electron chi connectivity index (χ2n) is 1.94. The first-order chi connectivity index (χ1) is 4.09. The van der Waals surface area contributed by atoms with Crippen molar-refractivity contribution in [2.45, 2.75) is 19.0 Å². The Morgan fingerprint density at radius 1 is 1.78 bits per heavy atom. The van der Waals surface area contributed by atoms with Gasteiger partial charge in [-0.25, -0.2) is 0 Å². The van der Waals surface area contributed by atoms with Crippen molar-refractivity contribution in [3.05, 3.63) is 0 Å². The molecule has 0 spiro atoms. The van der Waals surface area contributed by atoms with Crippen molar-refractivity contribution in [3.8, 4) is 0 Å². The molecule has 9 heavy (non-hydrogen) atoms. The number of carbonyl (C=O) groups is 1. The molecule has 0 aliphatic rings. The Balaban J connectivity index is 3.72. The van der Waals surface area contributed by atoms with Crippen LogP contribution < -0.4 is 11.1 Å². The lowest BCUT2D eigenvalue weighted by molar-refractivity contribution is -0.139. The normalized spacial score (nSPS) is 16.8. The van der Waals surface area contributed by atoms with Crippen molar-refractivity contribution < 1.29 is 9.90 Å². The SMILES string of the molecule is CN[C@@H](C)[C@H](N)C(=O)O. The number of nitrogens with two attached hydrogens (primary N) is 1. The summed E-state index contributed by atoms with van der Waals surface area (Å²) in [5, 5.41) is 11.1. The van der Waals surface area contributed by atoms with E-state index in [1.54, 1.807) is 14.0 Å². The van der Waals surface area contributed by atoms with Crippen LogP contribution in [0.15, 0.2) is 0 Å². The molecule has 54 valence electrons. The second-order valence-corrected chi connectivity index (χ2v) is 1.94. The molecule has 0 saturated heterocycles. The Bertz CT molecular complexity index is 105. The molecule has 0 fully saturated rings. The van der Waals surface area contributed by atoms with E-state index in [1.165, 1.54) is 0 Å². The van der Waals surface area contributed by atoms with Gasteiger partial charge < -0.3 is 16.2 Å². The van der Waals surface area contributed by atoms with Gasteiger partial charge >= 0.3 is 5.97 Å². The Morgan fingerprint density at radius 2 is 2.22 bits per heavy atom. The van der Waals surface area contributed by atoms with E-state index in [4.69, 9.17) is 10.8 Å². The molecule has 0 saturated carbocycles. The number of aliphatic carboxylic acids is 1. The lowest BCUT2D eigenvalue weighted by atomic mass is 10.2. The molecule has 0 heterocycles. The van der Waals surface area contributed by atoms with Crippen LogP contribution in [0.5, 0.6) is 0 Å². The summed E-state index contributed by atoms with van der Waals surface area (Å²) in [6.45, 7) is 1.72. The van der Waals surface area contributed by atoms with Crippen LogP contribution >= 0.6 is 0 Å². The van der Waals surface area contributed by atoms with Crippen molar-refractivity contribution in [1.82, 2.24) is 5.32 Å². The van der Waals surface area contributed by atoms with Crippen LogP contribution in [0.3, 0.4) is 0 Å². The molecule has 0 bridgehead atoms. The zero-order valence-electron chi connectivity index (χ0n) is 5.59. The van der Waals surface area contributed by atoms with E-state index >= 15 is 0 Å². The van der Waals surface area contributed by atoms with Crippen molar-refractivity contribution in [1.29, 1.82) is 0 Å². The van der Waals surface area contributed by atoms with E-state index in [0.29, 0.717) is 0 Å². The first-order valence-corrected chi connectivity index (χ1v) is 2.75. The zero-order chi connectivity index (χ0) is 7.44. The maximum Gasteiger partial charge on any atom is 0.322 e. The van der Waals surface area contributed by atoms with Gasteiger partial charge in [-0.3, -0.25) is 4.79 Å². The number of carboxylic acids is 1. The van der Waals surface area contributed by atoms with Gasteiger partial charge in [-0.2, -0.15) is 0 Å². The quantitative estimate of drug-likeness (QED) is 0.460. The summed E-state index contributed by atoms with van der Waals surface area (Å²) in [4.78, 5) is 10.1. The summed E-state index contributed by atoms with van der Waals surface area (Å²) in [5.41, 5.74) is 5.21. The maximum atomic E-state index is 10.1. The molecule has 0 aliphatic carbocycles. The smallest absolute Gasteiger partial charge is 0.322 e. The molecule has 0 aromatic heterocycles. The molecular weight excluding hydrogens is 120 g/mol. The highest BCUT2D eigenvalue weighted by Gasteiger charge is 2.17. The van der Waals surface area contributed by atoms with E-state index < -0.39 is 12.0 Å². The first kappa shape index (κ1) is 8.39. The molecule has 4 N–H and O–H groups in total. The van der Waals surface area contributed by atoms with Crippen LogP contribution in [0.2, 0.25) is 0 Å². The van der Waals surface area contributed by atoms with Crippen LogP contribution in [-0.2, 0) is 4.79 Å². The minimum Gasteiger partial charge on any atom is -0.480 e. The van der Waals surface area contributed by atoms with Crippen molar-refractivity contribution in [3.63, 3.8) is 0 Å². The topological polar surface area (TPSA) is 75.3 Å². The molecule has 4 heteroatoms. The van der Waals surface area contributed by atoms with Crippen molar-refractivity contribution in [2.75, 3.05) is 7.05 Å². The summed E-state index contributed by atoms with van der Waals surface area (Å²) in [6.07, 6.45) is 0. The number of likely N-dealkylation sites (N-methyl/N-ethyl adjacent to an activating group) is 1. The molecule has 2 atom stereocenters. The van der Waals surface area contributed by atoms with Gasteiger partial charge in [-0.05, 0) is 14.0 Å². The number of hydrogen-bond acceptors (Lipinski definition) is 3. The third kappa shape index (κ3) is 2.43. The summed E-state index contributed by atoms with van der Waals surface area (Å²) in [5.74, 6) is -0.975. The van der Waals surface area contributed by atoms with E-state index in [9.17, 15) is 4.79 Å². The molecule has 0 radical (unpaired) electrons. The Hall–Kier alpha value is -0.610. The molecule has 0 unspecified atom stereocenters. The highest BCUT2D eigenvalue weighted by Crippen LogP contribution is 1.86. The fourth-order valence-corrected chi connectivity index (χ4v) is 0.393. The number of carboxylic acid groups (broad SMARTS) is 1. The summed E-state index contributed by atoms with van der Waals surface area (Å²) >= 11 is 0. The summed E-state index contributed by atoms with van der Waals surface area (Å²) in [6, 6.07) is -0.988. The predicted octanol–water partition coefficient (Wildman–Crippen LogP) is -0.994. The van der Waals surface area contributed by atoms with Gasteiger partial charge in [0.2, 0.25) is 0 Å². The molecule has 0 aromatic rings. The maximum absolute atomic E-state index is 10.1. The third-order valence-corrected chi connectivity index (χ3v) is 1.28. The van der Waals surface area contributed by atoms with Gasteiger partial charge in [0.25, 0.3) is 0 Å². The number of nitrogens with one attached hydrogen (secondary N) is 1. The molecule has 0 aliphatic heterocycles. The minimum absolute atomic E-state index is 0.178. The van der Waals surface area contributed by atoms with E-state index in [-0.39, 0.29) is 6.04 Å².